The Balaban J connectivity index is 0.00000166. The summed E-state index contributed by atoms with van der Waals surface area (Å²) in [7, 11) is 1.99. The second kappa shape index (κ2) is 10.9. The molecule has 0 radical (unpaired) electrons. The van der Waals surface area contributed by atoms with Gasteiger partial charge in [-0.15, -0.1) is 6.42 Å². The van der Waals surface area contributed by atoms with E-state index in [9.17, 15) is 18.0 Å². The lowest BCUT2D eigenvalue weighted by atomic mass is 10.0. The van der Waals surface area contributed by atoms with Crippen LogP contribution in [0.5, 0.6) is 0 Å². The number of nitrogens with one attached hydrogen (secondary N) is 1. The third-order valence-electron chi connectivity index (χ3n) is 4.83. The summed E-state index contributed by atoms with van der Waals surface area (Å²) in [4.78, 5) is 20.4. The molecule has 2 heterocycles. The molecule has 0 aliphatic carbocycles. The van der Waals surface area contributed by atoms with E-state index in [-0.39, 0.29) is 23.4 Å². The van der Waals surface area contributed by atoms with E-state index in [2.05, 4.69) is 21.1 Å². The van der Waals surface area contributed by atoms with Crippen molar-refractivity contribution in [2.24, 2.45) is 0 Å². The second-order valence-corrected chi connectivity index (χ2v) is 7.01. The van der Waals surface area contributed by atoms with Gasteiger partial charge in [0.2, 0.25) is 0 Å². The molecule has 1 saturated heterocycles. The molecule has 1 N–H and O–H groups in total. The Morgan fingerprint density at radius 2 is 1.84 bits per heavy atom. The number of pyridine rings is 1. The molecule has 3 rings (SSSR count). The Bertz CT molecular complexity index is 929. The van der Waals surface area contributed by atoms with Crippen LogP contribution >= 0.6 is 0 Å². The van der Waals surface area contributed by atoms with Crippen molar-refractivity contribution in [1.29, 1.82) is 0 Å². The smallest absolute Gasteiger partial charge is 0.322 e. The minimum Gasteiger partial charge on any atom is -0.322 e. The van der Waals surface area contributed by atoms with Crippen molar-refractivity contribution in [1.82, 2.24) is 14.8 Å². The first kappa shape index (κ1) is 24.4. The van der Waals surface area contributed by atoms with E-state index < -0.39 is 17.6 Å². The highest BCUT2D eigenvalue weighted by Crippen LogP contribution is 2.34. The molecule has 1 fully saturated rings. The number of piperazine rings is 1. The lowest BCUT2D eigenvalue weighted by Crippen LogP contribution is -2.44. The quantitative estimate of drug-likeness (QED) is 0.739. The van der Waals surface area contributed by atoms with Crippen LogP contribution < -0.4 is 5.32 Å². The summed E-state index contributed by atoms with van der Waals surface area (Å²) < 4.78 is 40.9. The molecule has 1 aromatic heterocycles. The monoisotopic (exact) mass is 432 g/mol. The average molecular weight is 432 g/mol. The van der Waals surface area contributed by atoms with Crippen LogP contribution in [0.2, 0.25) is 0 Å². The number of terminal acetylenes is 1. The Hall–Kier alpha value is -2.89. The maximum Gasteiger partial charge on any atom is 0.416 e. The third-order valence-corrected chi connectivity index (χ3v) is 4.83. The van der Waals surface area contributed by atoms with Crippen LogP contribution in [-0.2, 0) is 12.7 Å². The maximum atomic E-state index is 13.6. The van der Waals surface area contributed by atoms with Crippen LogP contribution in [0.4, 0.5) is 18.9 Å². The summed E-state index contributed by atoms with van der Waals surface area (Å²) in [6, 6.07) is 5.33. The summed E-state index contributed by atoms with van der Waals surface area (Å²) >= 11 is 0. The first-order valence-electron chi connectivity index (χ1n) is 10.1. The zero-order valence-electron chi connectivity index (χ0n) is 18.0. The predicted octanol–water partition coefficient (Wildman–Crippen LogP) is 4.11. The van der Waals surface area contributed by atoms with Crippen molar-refractivity contribution < 1.29 is 18.0 Å². The highest BCUT2D eigenvalue weighted by Gasteiger charge is 2.34. The summed E-state index contributed by atoms with van der Waals surface area (Å²) in [5, 5.41) is 2.49. The van der Waals surface area contributed by atoms with Crippen molar-refractivity contribution >= 4 is 11.6 Å². The molecule has 1 aromatic carbocycles. The fourth-order valence-corrected chi connectivity index (χ4v) is 3.15. The zero-order chi connectivity index (χ0) is 23.0. The van der Waals surface area contributed by atoms with E-state index in [1.165, 1.54) is 30.6 Å². The molecule has 1 amide bonds. The lowest BCUT2D eigenvalue weighted by Gasteiger charge is -2.33. The average Bonchev–Trinajstić information content (AvgIpc) is 2.77. The van der Waals surface area contributed by atoms with E-state index in [0.29, 0.717) is 18.7 Å². The molecule has 0 saturated carbocycles. The normalized spacial score (nSPS) is 14.9. The predicted molar refractivity (Wildman–Crippen MR) is 116 cm³/mol. The van der Waals surface area contributed by atoms with Crippen molar-refractivity contribution in [3.05, 3.63) is 58.9 Å². The number of rotatable bonds is 4. The Labute approximate surface area is 181 Å². The van der Waals surface area contributed by atoms with Gasteiger partial charge in [-0.1, -0.05) is 25.8 Å². The fourth-order valence-electron chi connectivity index (χ4n) is 3.15. The van der Waals surface area contributed by atoms with Gasteiger partial charge in [-0.05, 0) is 30.8 Å². The third kappa shape index (κ3) is 6.81. The number of benzene rings is 1. The van der Waals surface area contributed by atoms with Gasteiger partial charge < -0.3 is 10.2 Å². The van der Waals surface area contributed by atoms with Gasteiger partial charge in [0, 0.05) is 56.4 Å². The number of carbonyl (C=O) groups is 1. The Kier molecular flexibility index (Phi) is 8.60. The molecular formula is C23H27F3N4O. The molecule has 0 atom stereocenters. The maximum absolute atomic E-state index is 13.6. The number of halogens is 3. The summed E-state index contributed by atoms with van der Waals surface area (Å²) in [6.07, 6.45) is 3.50. The molecular weight excluding hydrogens is 405 g/mol. The number of likely N-dealkylation sites (N-methyl/N-ethyl adjacent to an activating group) is 1. The van der Waals surface area contributed by atoms with Crippen molar-refractivity contribution in [3.63, 3.8) is 0 Å². The summed E-state index contributed by atoms with van der Waals surface area (Å²) in [6.45, 7) is 7.28. The fraction of sp³-hybridized carbons (Fsp3) is 0.391. The van der Waals surface area contributed by atoms with Crippen molar-refractivity contribution in [2.45, 2.75) is 26.6 Å². The molecule has 166 valence electrons. The van der Waals surface area contributed by atoms with Crippen LogP contribution in [0.1, 0.15) is 40.9 Å². The van der Waals surface area contributed by atoms with Gasteiger partial charge in [0.05, 0.1) is 11.1 Å². The summed E-state index contributed by atoms with van der Waals surface area (Å²) in [5.74, 6) is 1.79. The van der Waals surface area contributed by atoms with Gasteiger partial charge in [0.15, 0.2) is 0 Å². The van der Waals surface area contributed by atoms with Gasteiger partial charge >= 0.3 is 6.18 Å². The van der Waals surface area contributed by atoms with Crippen molar-refractivity contribution in [2.75, 3.05) is 38.5 Å². The molecule has 0 bridgehead atoms. The van der Waals surface area contributed by atoms with E-state index in [0.717, 1.165) is 19.2 Å². The highest BCUT2D eigenvalue weighted by molar-refractivity contribution is 6.04. The van der Waals surface area contributed by atoms with Crippen LogP contribution in [-0.4, -0.2) is 53.9 Å². The molecule has 2 aromatic rings. The van der Waals surface area contributed by atoms with Crippen LogP contribution in [0.15, 0.2) is 36.7 Å². The number of carbonyl (C=O) groups excluding carboxylic acids is 1. The van der Waals surface area contributed by atoms with Gasteiger partial charge in [-0.2, -0.15) is 13.2 Å². The zero-order valence-corrected chi connectivity index (χ0v) is 18.0. The largest absolute Gasteiger partial charge is 0.416 e. The van der Waals surface area contributed by atoms with Gasteiger partial charge in [-0.25, -0.2) is 0 Å². The Morgan fingerprint density at radius 3 is 2.45 bits per heavy atom. The van der Waals surface area contributed by atoms with Crippen LogP contribution in [0.25, 0.3) is 0 Å². The number of hydrogen-bond acceptors (Lipinski definition) is 4. The first-order valence-corrected chi connectivity index (χ1v) is 10.1. The van der Waals surface area contributed by atoms with E-state index in [1.54, 1.807) is 0 Å². The molecule has 0 spiro atoms. The molecule has 5 nitrogen and oxygen atoms in total. The molecule has 1 aliphatic rings. The molecule has 31 heavy (non-hydrogen) atoms. The summed E-state index contributed by atoms with van der Waals surface area (Å²) in [5.41, 5.74) is 0.100. The molecule has 1 aliphatic heterocycles. The second-order valence-electron chi connectivity index (χ2n) is 7.01. The highest BCUT2D eigenvalue weighted by atomic mass is 19.4. The van der Waals surface area contributed by atoms with E-state index >= 15 is 0 Å². The van der Waals surface area contributed by atoms with E-state index in [1.807, 2.05) is 25.8 Å². The number of amides is 1. The van der Waals surface area contributed by atoms with Crippen LogP contribution in [0.3, 0.4) is 0 Å². The minimum absolute atomic E-state index is 0.0653. The van der Waals surface area contributed by atoms with Gasteiger partial charge in [-0.3, -0.25) is 14.7 Å². The number of anilines is 1. The standard InChI is InChI=1S/C21H21F3N4O.C2H6/c1-3-15-10-17(13-25-12-15)20(29)26-18-5-4-16(19(11-18)21(22,23)24)14-28-8-6-27(2)7-9-28;1-2/h1,4-5,10-13H,6-9,14H2,2H3,(H,26,29);1-2H3. The van der Waals surface area contributed by atoms with Gasteiger partial charge in [0.25, 0.3) is 5.91 Å². The number of alkyl halides is 3. The minimum atomic E-state index is -4.52. The number of nitrogens with zero attached hydrogens (tertiary/aromatic N) is 3. The SMILES string of the molecule is C#Cc1cncc(C(=O)Nc2ccc(CN3CCN(C)CC3)c(C(F)(F)F)c2)c1.CC. The van der Waals surface area contributed by atoms with Gasteiger partial charge in [0.1, 0.15) is 0 Å². The van der Waals surface area contributed by atoms with Crippen molar-refractivity contribution in [3.8, 4) is 12.3 Å². The topological polar surface area (TPSA) is 48.5 Å². The lowest BCUT2D eigenvalue weighted by molar-refractivity contribution is -0.138. The number of hydrogen-bond donors (Lipinski definition) is 1. The number of aromatic nitrogens is 1. The van der Waals surface area contributed by atoms with Crippen LogP contribution in [0, 0.1) is 12.3 Å². The Morgan fingerprint density at radius 1 is 1.16 bits per heavy atom. The van der Waals surface area contributed by atoms with E-state index in [4.69, 9.17) is 6.42 Å². The first-order chi connectivity index (χ1) is 14.8. The molecule has 8 heteroatoms. The molecule has 0 unspecified atom stereocenters.